The Hall–Kier alpha value is -1.42. The zero-order valence-corrected chi connectivity index (χ0v) is 11.0. The smallest absolute Gasteiger partial charge is 0.273 e. The van der Waals surface area contributed by atoms with Crippen molar-refractivity contribution in [1.29, 1.82) is 5.26 Å². The maximum atomic E-state index is 11.3. The normalized spacial score (nSPS) is 13.2. The van der Waals surface area contributed by atoms with Gasteiger partial charge in [0.1, 0.15) is 0 Å². The Morgan fingerprint density at radius 3 is 2.50 bits per heavy atom. The molecule has 98 valence electrons. The van der Waals surface area contributed by atoms with E-state index in [0.717, 1.165) is 9.87 Å². The molecule has 1 atom stereocenters. The van der Waals surface area contributed by atoms with Crippen LogP contribution in [0.2, 0.25) is 0 Å². The average Bonchev–Trinajstić information content (AvgIpc) is 2.33. The summed E-state index contributed by atoms with van der Waals surface area (Å²) in [7, 11) is -4.27. The molecular formula is C12H16N2O3S. The Labute approximate surface area is 108 Å². The quantitative estimate of drug-likeness (QED) is 0.800. The second-order valence-corrected chi connectivity index (χ2v) is 5.42. The first-order chi connectivity index (χ1) is 8.45. The van der Waals surface area contributed by atoms with Crippen molar-refractivity contribution >= 4 is 10.3 Å². The van der Waals surface area contributed by atoms with E-state index < -0.39 is 16.3 Å². The summed E-state index contributed by atoms with van der Waals surface area (Å²) in [5, 5.41) is 8.51. The van der Waals surface area contributed by atoms with Crippen LogP contribution in [0, 0.1) is 11.3 Å². The van der Waals surface area contributed by atoms with E-state index in [0.29, 0.717) is 6.42 Å². The highest BCUT2D eigenvalue weighted by molar-refractivity contribution is 7.83. The van der Waals surface area contributed by atoms with Crippen molar-refractivity contribution in [3.8, 4) is 6.07 Å². The Morgan fingerprint density at radius 2 is 2.00 bits per heavy atom. The van der Waals surface area contributed by atoms with Crippen molar-refractivity contribution < 1.29 is 13.0 Å². The second kappa shape index (κ2) is 6.50. The van der Waals surface area contributed by atoms with Gasteiger partial charge in [-0.25, -0.2) is 0 Å². The molecule has 0 aromatic heterocycles. The molecule has 1 aromatic carbocycles. The first kappa shape index (κ1) is 14.6. The van der Waals surface area contributed by atoms with Crippen LogP contribution in [0.4, 0.5) is 0 Å². The molecule has 1 N–H and O–H groups in total. The van der Waals surface area contributed by atoms with Crippen molar-refractivity contribution in [1.82, 2.24) is 4.31 Å². The summed E-state index contributed by atoms with van der Waals surface area (Å²) in [5.41, 5.74) is 0.791. The van der Waals surface area contributed by atoms with E-state index >= 15 is 0 Å². The van der Waals surface area contributed by atoms with Crippen molar-refractivity contribution in [3.05, 3.63) is 35.9 Å². The number of hydrogen-bond acceptors (Lipinski definition) is 3. The molecule has 18 heavy (non-hydrogen) atoms. The third-order valence-electron chi connectivity index (χ3n) is 2.64. The predicted octanol–water partition coefficient (Wildman–Crippen LogP) is 1.98. The summed E-state index contributed by atoms with van der Waals surface area (Å²) in [6, 6.07) is 10.6. The lowest BCUT2D eigenvalue weighted by atomic mass is 10.1. The summed E-state index contributed by atoms with van der Waals surface area (Å²) in [6.45, 7) is 1.78. The molecule has 0 aliphatic heterocycles. The van der Waals surface area contributed by atoms with Crippen LogP contribution in [0.1, 0.15) is 25.3 Å². The second-order valence-electron chi connectivity index (χ2n) is 4.05. The van der Waals surface area contributed by atoms with E-state index in [9.17, 15) is 13.0 Å². The first-order valence-corrected chi connectivity index (χ1v) is 7.00. The fraction of sp³-hybridized carbons (Fsp3) is 0.417. The van der Waals surface area contributed by atoms with E-state index in [1.165, 1.54) is 0 Å². The van der Waals surface area contributed by atoms with E-state index in [1.54, 1.807) is 31.2 Å². The molecule has 0 radical (unpaired) electrons. The van der Waals surface area contributed by atoms with E-state index in [4.69, 9.17) is 5.26 Å². The van der Waals surface area contributed by atoms with E-state index in [-0.39, 0.29) is 13.0 Å². The van der Waals surface area contributed by atoms with Crippen molar-refractivity contribution in [3.63, 3.8) is 0 Å². The summed E-state index contributed by atoms with van der Waals surface area (Å²) < 4.78 is 32.9. The van der Waals surface area contributed by atoms with Gasteiger partial charge in [-0.2, -0.15) is 18.0 Å². The Kier molecular flexibility index (Phi) is 5.28. The molecule has 6 heteroatoms. The molecule has 0 amide bonds. The molecule has 0 saturated carbocycles. The largest absolute Gasteiger partial charge is 0.336 e. The standard InChI is InChI=1S/C12H16N2O3S/c1-11(6-5-9-13)14(18(15,16)17)10-12-7-3-2-4-8-12/h2-4,7-8,11H,5-6,10H2,1H3,(H,15,16,17)/t11-/m0/s1. The Morgan fingerprint density at radius 1 is 1.39 bits per heavy atom. The third-order valence-corrected chi connectivity index (χ3v) is 3.72. The van der Waals surface area contributed by atoms with Crippen molar-refractivity contribution in [2.75, 3.05) is 0 Å². The van der Waals surface area contributed by atoms with Gasteiger partial charge in [0.25, 0.3) is 0 Å². The van der Waals surface area contributed by atoms with Gasteiger partial charge in [0, 0.05) is 19.0 Å². The minimum Gasteiger partial charge on any atom is -0.273 e. The molecule has 0 heterocycles. The van der Waals surface area contributed by atoms with Crippen LogP contribution in [0.3, 0.4) is 0 Å². The molecule has 0 saturated heterocycles. The van der Waals surface area contributed by atoms with Crippen LogP contribution in [0.5, 0.6) is 0 Å². The molecule has 1 aromatic rings. The van der Waals surface area contributed by atoms with Crippen molar-refractivity contribution in [2.24, 2.45) is 0 Å². The maximum Gasteiger partial charge on any atom is 0.336 e. The van der Waals surface area contributed by atoms with Gasteiger partial charge in [0.15, 0.2) is 0 Å². The summed E-state index contributed by atoms with van der Waals surface area (Å²) in [4.78, 5) is 0. The topological polar surface area (TPSA) is 81.4 Å². The molecule has 0 spiro atoms. The van der Waals surface area contributed by atoms with Crippen LogP contribution in [-0.4, -0.2) is 23.3 Å². The van der Waals surface area contributed by atoms with Crippen LogP contribution < -0.4 is 0 Å². The molecule has 0 bridgehead atoms. The summed E-state index contributed by atoms with van der Waals surface area (Å²) in [6.07, 6.45) is 0.644. The minimum absolute atomic E-state index is 0.103. The number of benzene rings is 1. The fourth-order valence-electron chi connectivity index (χ4n) is 1.65. The van der Waals surface area contributed by atoms with E-state index in [1.807, 2.05) is 12.1 Å². The van der Waals surface area contributed by atoms with Crippen molar-refractivity contribution in [2.45, 2.75) is 32.4 Å². The Bertz CT molecular complexity index is 508. The molecule has 1 rings (SSSR count). The fourth-order valence-corrected chi connectivity index (χ4v) is 2.52. The summed E-state index contributed by atoms with van der Waals surface area (Å²) in [5.74, 6) is 0. The highest BCUT2D eigenvalue weighted by atomic mass is 32.2. The highest BCUT2D eigenvalue weighted by Crippen LogP contribution is 2.15. The zero-order valence-electron chi connectivity index (χ0n) is 10.2. The lowest BCUT2D eigenvalue weighted by Crippen LogP contribution is -2.37. The highest BCUT2D eigenvalue weighted by Gasteiger charge is 2.24. The van der Waals surface area contributed by atoms with Crippen LogP contribution in [0.15, 0.2) is 30.3 Å². The minimum atomic E-state index is -4.27. The van der Waals surface area contributed by atoms with Gasteiger partial charge >= 0.3 is 10.3 Å². The van der Waals surface area contributed by atoms with Crippen LogP contribution in [-0.2, 0) is 16.8 Å². The van der Waals surface area contributed by atoms with Gasteiger partial charge in [-0.15, -0.1) is 0 Å². The lowest BCUT2D eigenvalue weighted by molar-refractivity contribution is 0.282. The van der Waals surface area contributed by atoms with Gasteiger partial charge < -0.3 is 0 Å². The van der Waals surface area contributed by atoms with Gasteiger partial charge in [0.2, 0.25) is 0 Å². The monoisotopic (exact) mass is 268 g/mol. The number of hydrogen-bond donors (Lipinski definition) is 1. The summed E-state index contributed by atoms with van der Waals surface area (Å²) >= 11 is 0. The third kappa shape index (κ3) is 4.45. The molecule has 0 aliphatic carbocycles. The maximum absolute atomic E-state index is 11.3. The van der Waals surface area contributed by atoms with Crippen LogP contribution in [0.25, 0.3) is 0 Å². The molecule has 0 aliphatic rings. The predicted molar refractivity (Wildman–Crippen MR) is 67.8 cm³/mol. The van der Waals surface area contributed by atoms with Crippen LogP contribution >= 0.6 is 0 Å². The lowest BCUT2D eigenvalue weighted by Gasteiger charge is -2.24. The SMILES string of the molecule is C[C@@H](CCC#N)N(Cc1ccccc1)S(=O)(=O)O. The van der Waals surface area contributed by atoms with E-state index in [2.05, 4.69) is 0 Å². The van der Waals surface area contributed by atoms with Gasteiger partial charge in [-0.1, -0.05) is 30.3 Å². The zero-order chi connectivity index (χ0) is 13.6. The first-order valence-electron chi connectivity index (χ1n) is 5.60. The van der Waals surface area contributed by atoms with Gasteiger partial charge in [-0.3, -0.25) is 4.55 Å². The molecule has 0 fully saturated rings. The molecular weight excluding hydrogens is 252 g/mol. The molecule has 0 unspecified atom stereocenters. The number of rotatable bonds is 6. The van der Waals surface area contributed by atoms with Gasteiger partial charge in [-0.05, 0) is 18.9 Å². The number of nitriles is 1. The van der Waals surface area contributed by atoms with Gasteiger partial charge in [0.05, 0.1) is 6.07 Å². The number of nitrogens with zero attached hydrogens (tertiary/aromatic N) is 2. The average molecular weight is 268 g/mol. The molecule has 5 nitrogen and oxygen atoms in total. The Balaban J connectivity index is 2.84.